The zero-order valence-electron chi connectivity index (χ0n) is 10.3. The molecule has 2 aromatic rings. The summed E-state index contributed by atoms with van der Waals surface area (Å²) in [5.41, 5.74) is 1.49. The molecule has 5 nitrogen and oxygen atoms in total. The van der Waals surface area contributed by atoms with Crippen LogP contribution in [-0.4, -0.2) is 34.1 Å². The summed E-state index contributed by atoms with van der Waals surface area (Å²) in [6, 6.07) is 10.0. The first-order valence-electron chi connectivity index (χ1n) is 5.93. The first kappa shape index (κ1) is 12.8. The number of fused-ring (bicyclic) bond motifs is 1. The summed E-state index contributed by atoms with van der Waals surface area (Å²) in [6.45, 7) is 0. The number of halogens is 1. The molecule has 98 valence electrons. The Hall–Kier alpha value is -2.18. The number of hydrazone groups is 1. The molecule has 1 aromatic heterocycles. The van der Waals surface area contributed by atoms with E-state index in [0.29, 0.717) is 16.0 Å². The summed E-state index contributed by atoms with van der Waals surface area (Å²) in [6.07, 6.45) is 3.01. The molecule has 0 radical (unpaired) electrons. The Morgan fingerprint density at radius 1 is 1.30 bits per heavy atom. The molecule has 1 amide bonds. The van der Waals surface area contributed by atoms with Gasteiger partial charge in [0.05, 0.1) is 6.21 Å². The highest BCUT2D eigenvalue weighted by molar-refractivity contribution is 6.68. The van der Waals surface area contributed by atoms with Crippen LogP contribution in [0.3, 0.4) is 0 Å². The Labute approximate surface area is 120 Å². The number of pyridine rings is 1. The number of hydrogen-bond acceptors (Lipinski definition) is 4. The summed E-state index contributed by atoms with van der Waals surface area (Å²) in [4.78, 5) is 17.2. The van der Waals surface area contributed by atoms with E-state index in [4.69, 9.17) is 11.6 Å². The Morgan fingerprint density at radius 3 is 2.90 bits per heavy atom. The number of hydrogen-bond donors (Lipinski definition) is 1. The normalized spacial score (nSPS) is 13.3. The average Bonchev–Trinajstić information content (AvgIpc) is 2.48. The second-order valence-electron chi connectivity index (χ2n) is 4.26. The molecule has 3 rings (SSSR count). The summed E-state index contributed by atoms with van der Waals surface area (Å²) >= 11 is 5.89. The van der Waals surface area contributed by atoms with Gasteiger partial charge < -0.3 is 5.02 Å². The van der Waals surface area contributed by atoms with Gasteiger partial charge in [-0.05, 0) is 35.3 Å². The van der Waals surface area contributed by atoms with Gasteiger partial charge in [0.15, 0.2) is 0 Å². The molecule has 0 bridgehead atoms. The SMILES string of the molecule is O=C(c1ccccn1)N1N=Cc2cc(Cl)ccc2B1O. The van der Waals surface area contributed by atoms with Crippen LogP contribution >= 0.6 is 11.6 Å². The third kappa shape index (κ3) is 2.19. The van der Waals surface area contributed by atoms with Gasteiger partial charge in [-0.1, -0.05) is 23.7 Å². The maximum atomic E-state index is 12.3. The number of aromatic nitrogens is 1. The fourth-order valence-electron chi connectivity index (χ4n) is 1.98. The van der Waals surface area contributed by atoms with Gasteiger partial charge in [-0.25, -0.2) is 4.92 Å². The Balaban J connectivity index is 1.95. The molecule has 0 atom stereocenters. The van der Waals surface area contributed by atoms with Crippen LogP contribution in [0.5, 0.6) is 0 Å². The van der Waals surface area contributed by atoms with E-state index >= 15 is 0 Å². The molecular formula is C13H9BClN3O2. The smallest absolute Gasteiger partial charge is 0.427 e. The molecule has 0 fully saturated rings. The number of benzene rings is 1. The Morgan fingerprint density at radius 2 is 2.15 bits per heavy atom. The lowest BCUT2D eigenvalue weighted by Gasteiger charge is -2.24. The van der Waals surface area contributed by atoms with Crippen LogP contribution in [0, 0.1) is 0 Å². The van der Waals surface area contributed by atoms with Crippen molar-refractivity contribution in [3.05, 3.63) is 58.9 Å². The minimum absolute atomic E-state index is 0.223. The molecular weight excluding hydrogens is 276 g/mol. The van der Waals surface area contributed by atoms with Crippen LogP contribution in [-0.2, 0) is 0 Å². The lowest BCUT2D eigenvalue weighted by molar-refractivity contribution is 0.0840. The second-order valence-corrected chi connectivity index (χ2v) is 4.69. The molecule has 0 saturated carbocycles. The van der Waals surface area contributed by atoms with Crippen molar-refractivity contribution in [1.82, 2.24) is 9.90 Å². The van der Waals surface area contributed by atoms with Crippen LogP contribution in [0.15, 0.2) is 47.7 Å². The molecule has 1 aliphatic rings. The number of amides is 1. The molecule has 20 heavy (non-hydrogen) atoms. The van der Waals surface area contributed by atoms with Crippen LogP contribution in [0.2, 0.25) is 5.02 Å². The van der Waals surface area contributed by atoms with Crippen LogP contribution in [0.4, 0.5) is 0 Å². The fourth-order valence-corrected chi connectivity index (χ4v) is 2.16. The van der Waals surface area contributed by atoms with E-state index in [9.17, 15) is 9.82 Å². The zero-order valence-corrected chi connectivity index (χ0v) is 11.0. The highest BCUT2D eigenvalue weighted by atomic mass is 35.5. The van der Waals surface area contributed by atoms with Gasteiger partial charge in [-0.2, -0.15) is 5.10 Å². The van der Waals surface area contributed by atoms with E-state index < -0.39 is 13.0 Å². The van der Waals surface area contributed by atoms with Crippen molar-refractivity contribution < 1.29 is 9.82 Å². The van der Waals surface area contributed by atoms with Crippen LogP contribution in [0.1, 0.15) is 16.1 Å². The molecule has 2 heterocycles. The predicted molar refractivity (Wildman–Crippen MR) is 77.1 cm³/mol. The third-order valence-electron chi connectivity index (χ3n) is 2.97. The standard InChI is InChI=1S/C13H9BClN3O2/c15-10-4-5-11-9(7-10)8-17-18(14(11)20)13(19)12-3-1-2-6-16-12/h1-8,20H. The van der Waals surface area contributed by atoms with Crippen molar-refractivity contribution in [2.75, 3.05) is 0 Å². The monoisotopic (exact) mass is 285 g/mol. The molecule has 0 aliphatic carbocycles. The van der Waals surface area contributed by atoms with E-state index in [1.807, 2.05) is 0 Å². The molecule has 1 aromatic carbocycles. The van der Waals surface area contributed by atoms with Crippen LogP contribution in [0.25, 0.3) is 0 Å². The largest absolute Gasteiger partial charge is 0.474 e. The first-order valence-corrected chi connectivity index (χ1v) is 6.31. The van der Waals surface area contributed by atoms with E-state index in [2.05, 4.69) is 10.1 Å². The predicted octanol–water partition coefficient (Wildman–Crippen LogP) is 0.912. The van der Waals surface area contributed by atoms with Gasteiger partial charge >= 0.3 is 7.05 Å². The van der Waals surface area contributed by atoms with Gasteiger partial charge in [0.1, 0.15) is 5.69 Å². The quantitative estimate of drug-likeness (QED) is 0.792. The fraction of sp³-hybridized carbons (Fsp3) is 0. The molecule has 0 saturated heterocycles. The molecule has 1 aliphatic heterocycles. The zero-order chi connectivity index (χ0) is 14.1. The Kier molecular flexibility index (Phi) is 3.26. The van der Waals surface area contributed by atoms with Crippen molar-refractivity contribution in [3.8, 4) is 0 Å². The molecule has 7 heteroatoms. The number of rotatable bonds is 1. The van der Waals surface area contributed by atoms with Crippen molar-refractivity contribution >= 4 is 36.2 Å². The highest BCUT2D eigenvalue weighted by Crippen LogP contribution is 2.14. The maximum absolute atomic E-state index is 12.3. The van der Waals surface area contributed by atoms with E-state index in [0.717, 1.165) is 4.92 Å². The second kappa shape index (κ2) is 5.07. The summed E-state index contributed by atoms with van der Waals surface area (Å²) in [5, 5.41) is 14.8. The van der Waals surface area contributed by atoms with Gasteiger partial charge in [-0.15, -0.1) is 0 Å². The lowest BCUT2D eigenvalue weighted by atomic mass is 9.69. The van der Waals surface area contributed by atoms with Gasteiger partial charge in [0.25, 0.3) is 5.91 Å². The third-order valence-corrected chi connectivity index (χ3v) is 3.21. The highest BCUT2D eigenvalue weighted by Gasteiger charge is 2.34. The van der Waals surface area contributed by atoms with Gasteiger partial charge in [0, 0.05) is 11.2 Å². The first-order chi connectivity index (χ1) is 9.66. The number of carbonyl (C=O) groups is 1. The van der Waals surface area contributed by atoms with Crippen molar-refractivity contribution in [3.63, 3.8) is 0 Å². The Bertz CT molecular complexity index is 693. The lowest BCUT2D eigenvalue weighted by Crippen LogP contribution is -2.52. The topological polar surface area (TPSA) is 65.8 Å². The van der Waals surface area contributed by atoms with Crippen molar-refractivity contribution in [2.45, 2.75) is 0 Å². The van der Waals surface area contributed by atoms with Crippen LogP contribution < -0.4 is 5.46 Å². The summed E-state index contributed by atoms with van der Waals surface area (Å²) < 4.78 is 0. The number of carbonyl (C=O) groups excluding carboxylic acids is 1. The summed E-state index contributed by atoms with van der Waals surface area (Å²) in [7, 11) is -1.15. The molecule has 0 unspecified atom stereocenters. The van der Waals surface area contributed by atoms with E-state index in [1.54, 1.807) is 36.4 Å². The molecule has 1 N–H and O–H groups in total. The number of nitrogens with zero attached hydrogens (tertiary/aromatic N) is 3. The summed E-state index contributed by atoms with van der Waals surface area (Å²) in [5.74, 6) is -0.463. The van der Waals surface area contributed by atoms with E-state index in [-0.39, 0.29) is 5.69 Å². The van der Waals surface area contributed by atoms with Crippen molar-refractivity contribution in [2.24, 2.45) is 5.10 Å². The maximum Gasteiger partial charge on any atom is 0.474 e. The molecule has 0 spiro atoms. The minimum Gasteiger partial charge on any atom is -0.427 e. The average molecular weight is 285 g/mol. The van der Waals surface area contributed by atoms with E-state index in [1.165, 1.54) is 12.4 Å². The van der Waals surface area contributed by atoms with Crippen molar-refractivity contribution in [1.29, 1.82) is 0 Å². The van der Waals surface area contributed by atoms with Gasteiger partial charge in [0.2, 0.25) is 0 Å². The van der Waals surface area contributed by atoms with Gasteiger partial charge in [-0.3, -0.25) is 9.78 Å². The minimum atomic E-state index is -1.15.